The minimum absolute atomic E-state index is 0.169. The Hall–Kier alpha value is -2.22. The van der Waals surface area contributed by atoms with Crippen molar-refractivity contribution in [1.82, 2.24) is 25.7 Å². The predicted octanol–water partition coefficient (Wildman–Crippen LogP) is 2.38. The van der Waals surface area contributed by atoms with Crippen LogP contribution in [-0.4, -0.2) is 39.5 Å². The lowest BCUT2D eigenvalue weighted by molar-refractivity contribution is 0.0467. The van der Waals surface area contributed by atoms with Crippen molar-refractivity contribution in [3.63, 3.8) is 0 Å². The average molecular weight is 347 g/mol. The summed E-state index contributed by atoms with van der Waals surface area (Å²) in [4.78, 5) is 17.1. The van der Waals surface area contributed by atoms with Crippen LogP contribution in [0.4, 0.5) is 0 Å². The van der Waals surface area contributed by atoms with Gasteiger partial charge in [-0.25, -0.2) is 0 Å². The van der Waals surface area contributed by atoms with Crippen LogP contribution in [-0.2, 0) is 11.2 Å². The first-order valence-electron chi connectivity index (χ1n) is 8.84. The van der Waals surface area contributed by atoms with Gasteiger partial charge in [-0.15, -0.1) is 0 Å². The number of H-pyrrole nitrogens is 1. The molecule has 0 bridgehead atoms. The first-order valence-corrected chi connectivity index (χ1v) is 8.84. The Morgan fingerprint density at radius 2 is 2.16 bits per heavy atom. The highest BCUT2D eigenvalue weighted by Crippen LogP contribution is 2.30. The molecule has 136 valence electrons. The van der Waals surface area contributed by atoms with E-state index in [1.165, 1.54) is 0 Å². The normalized spacial score (nSPS) is 17.0. The van der Waals surface area contributed by atoms with Crippen molar-refractivity contribution in [1.29, 1.82) is 0 Å². The Morgan fingerprint density at radius 1 is 1.40 bits per heavy atom. The third-order valence-corrected chi connectivity index (χ3v) is 4.51. The number of carbonyl (C=O) groups excluding carboxylic acids is 1. The fourth-order valence-corrected chi connectivity index (χ4v) is 2.91. The zero-order chi connectivity index (χ0) is 17.8. The molecule has 8 nitrogen and oxygen atoms in total. The monoisotopic (exact) mass is 347 g/mol. The number of nitrogens with zero attached hydrogens (tertiary/aromatic N) is 3. The zero-order valence-electron chi connectivity index (χ0n) is 14.9. The summed E-state index contributed by atoms with van der Waals surface area (Å²) in [6, 6.07) is 1.43. The molecule has 25 heavy (non-hydrogen) atoms. The molecule has 2 N–H and O–H groups in total. The van der Waals surface area contributed by atoms with E-state index in [4.69, 9.17) is 9.26 Å². The van der Waals surface area contributed by atoms with E-state index in [0.29, 0.717) is 30.6 Å². The number of amides is 1. The van der Waals surface area contributed by atoms with E-state index in [-0.39, 0.29) is 23.8 Å². The van der Waals surface area contributed by atoms with Gasteiger partial charge in [0.2, 0.25) is 5.89 Å². The molecule has 2 aromatic heterocycles. The Balaban J connectivity index is 1.81. The number of rotatable bonds is 6. The summed E-state index contributed by atoms with van der Waals surface area (Å²) < 4.78 is 10.9. The third kappa shape index (κ3) is 4.07. The number of nitrogens with one attached hydrogen (secondary N) is 2. The van der Waals surface area contributed by atoms with Gasteiger partial charge in [0.1, 0.15) is 11.7 Å². The molecule has 1 fully saturated rings. The maximum absolute atomic E-state index is 12.6. The Bertz CT molecular complexity index is 703. The first kappa shape index (κ1) is 17.6. The van der Waals surface area contributed by atoms with Crippen LogP contribution in [0.1, 0.15) is 73.5 Å². The van der Waals surface area contributed by atoms with Gasteiger partial charge in [0.15, 0.2) is 5.82 Å². The minimum atomic E-state index is -0.335. The van der Waals surface area contributed by atoms with Gasteiger partial charge in [0.05, 0.1) is 0 Å². The molecule has 8 heteroatoms. The van der Waals surface area contributed by atoms with Gasteiger partial charge in [0.25, 0.3) is 5.91 Å². The maximum atomic E-state index is 12.6. The highest BCUT2D eigenvalue weighted by molar-refractivity contribution is 5.92. The lowest BCUT2D eigenvalue weighted by Crippen LogP contribution is -2.36. The molecule has 0 spiro atoms. The molecule has 0 unspecified atom stereocenters. The number of hydrogen-bond acceptors (Lipinski definition) is 6. The summed E-state index contributed by atoms with van der Waals surface area (Å²) in [5, 5.41) is 14.0. The molecule has 1 amide bonds. The Kier molecular flexibility index (Phi) is 5.47. The highest BCUT2D eigenvalue weighted by Gasteiger charge is 2.32. The predicted molar refractivity (Wildman–Crippen MR) is 90.1 cm³/mol. The van der Waals surface area contributed by atoms with Gasteiger partial charge >= 0.3 is 0 Å². The lowest BCUT2D eigenvalue weighted by Gasteiger charge is -2.28. The second kappa shape index (κ2) is 7.77. The molecular weight excluding hydrogens is 322 g/mol. The van der Waals surface area contributed by atoms with Crippen LogP contribution in [0.2, 0.25) is 0 Å². The average Bonchev–Trinajstić information content (AvgIpc) is 3.29. The standard InChI is InChI=1S/C17H25N5O3/c1-4-12-9-13(21-20-12)16(23)18-14(11-5-7-24-8-6-11)17-19-15(10(2)3)22-25-17/h9-11,14H,4-8H2,1-3H3,(H,18,23)(H,20,21)/t14-/m1/s1. The molecule has 3 heterocycles. The number of carbonyl (C=O) groups is 1. The SMILES string of the molecule is CCc1cc(C(=O)N[C@@H](c2nc(C(C)C)no2)C2CCOCC2)n[nH]1. The lowest BCUT2D eigenvalue weighted by atomic mass is 9.91. The van der Waals surface area contributed by atoms with Gasteiger partial charge < -0.3 is 14.6 Å². The van der Waals surface area contributed by atoms with Crippen molar-refractivity contribution in [2.75, 3.05) is 13.2 Å². The molecule has 0 aromatic carbocycles. The molecule has 0 radical (unpaired) electrons. The second-order valence-corrected chi connectivity index (χ2v) is 6.68. The van der Waals surface area contributed by atoms with Crippen LogP contribution < -0.4 is 5.32 Å². The van der Waals surface area contributed by atoms with Crippen LogP contribution in [0.15, 0.2) is 10.6 Å². The van der Waals surface area contributed by atoms with Crippen molar-refractivity contribution >= 4 is 5.91 Å². The second-order valence-electron chi connectivity index (χ2n) is 6.68. The van der Waals surface area contributed by atoms with E-state index in [0.717, 1.165) is 25.0 Å². The Morgan fingerprint density at radius 3 is 2.76 bits per heavy atom. The van der Waals surface area contributed by atoms with Crippen molar-refractivity contribution in [2.24, 2.45) is 5.92 Å². The number of aryl methyl sites for hydroxylation is 1. The number of aromatic nitrogens is 4. The van der Waals surface area contributed by atoms with Crippen molar-refractivity contribution in [2.45, 2.75) is 52.0 Å². The summed E-state index contributed by atoms with van der Waals surface area (Å²) in [6.45, 7) is 7.36. The van der Waals surface area contributed by atoms with Gasteiger partial charge in [0, 0.05) is 24.8 Å². The van der Waals surface area contributed by atoms with Gasteiger partial charge in [-0.05, 0) is 31.2 Å². The summed E-state index contributed by atoms with van der Waals surface area (Å²) in [6.07, 6.45) is 2.47. The van der Waals surface area contributed by atoms with E-state index in [1.807, 2.05) is 20.8 Å². The summed E-state index contributed by atoms with van der Waals surface area (Å²) >= 11 is 0. The molecular formula is C17H25N5O3. The number of hydrogen-bond donors (Lipinski definition) is 2. The van der Waals surface area contributed by atoms with Gasteiger partial charge in [-0.1, -0.05) is 25.9 Å². The molecule has 0 aliphatic carbocycles. The summed E-state index contributed by atoms with van der Waals surface area (Å²) in [5.41, 5.74) is 1.30. The molecule has 0 saturated carbocycles. The smallest absolute Gasteiger partial charge is 0.272 e. The molecule has 3 rings (SSSR count). The van der Waals surface area contributed by atoms with Crippen LogP contribution in [0.5, 0.6) is 0 Å². The Labute approximate surface area is 146 Å². The first-order chi connectivity index (χ1) is 12.1. The molecule has 1 aliphatic heterocycles. The number of ether oxygens (including phenoxy) is 1. The molecule has 1 atom stereocenters. The summed E-state index contributed by atoms with van der Waals surface area (Å²) in [7, 11) is 0. The van der Waals surface area contributed by atoms with Crippen LogP contribution in [0, 0.1) is 5.92 Å². The topological polar surface area (TPSA) is 106 Å². The number of aromatic amines is 1. The van der Waals surface area contributed by atoms with Crippen molar-refractivity contribution in [3.8, 4) is 0 Å². The highest BCUT2D eigenvalue weighted by atomic mass is 16.5. The minimum Gasteiger partial charge on any atom is -0.381 e. The van der Waals surface area contributed by atoms with Crippen LogP contribution >= 0.6 is 0 Å². The third-order valence-electron chi connectivity index (χ3n) is 4.51. The summed E-state index contributed by atoms with van der Waals surface area (Å²) in [5.74, 6) is 1.23. The van der Waals surface area contributed by atoms with E-state index in [9.17, 15) is 4.79 Å². The van der Waals surface area contributed by atoms with E-state index in [1.54, 1.807) is 6.07 Å². The van der Waals surface area contributed by atoms with Crippen LogP contribution in [0.3, 0.4) is 0 Å². The maximum Gasteiger partial charge on any atom is 0.272 e. The molecule has 1 saturated heterocycles. The van der Waals surface area contributed by atoms with Gasteiger partial charge in [-0.2, -0.15) is 10.1 Å². The van der Waals surface area contributed by atoms with Crippen LogP contribution in [0.25, 0.3) is 0 Å². The zero-order valence-corrected chi connectivity index (χ0v) is 14.9. The molecule has 2 aromatic rings. The van der Waals surface area contributed by atoms with E-state index < -0.39 is 0 Å². The van der Waals surface area contributed by atoms with E-state index >= 15 is 0 Å². The fourth-order valence-electron chi connectivity index (χ4n) is 2.91. The van der Waals surface area contributed by atoms with Crippen molar-refractivity contribution in [3.05, 3.63) is 29.2 Å². The fraction of sp³-hybridized carbons (Fsp3) is 0.647. The quantitative estimate of drug-likeness (QED) is 0.831. The van der Waals surface area contributed by atoms with Crippen molar-refractivity contribution < 1.29 is 14.1 Å². The van der Waals surface area contributed by atoms with E-state index in [2.05, 4.69) is 25.7 Å². The van der Waals surface area contributed by atoms with Gasteiger partial charge in [-0.3, -0.25) is 9.89 Å². The largest absolute Gasteiger partial charge is 0.381 e. The molecule has 1 aliphatic rings.